The summed E-state index contributed by atoms with van der Waals surface area (Å²) in [6, 6.07) is 3.79. The third-order valence-electron chi connectivity index (χ3n) is 1.71. The van der Waals surface area contributed by atoms with Gasteiger partial charge < -0.3 is 16.2 Å². The van der Waals surface area contributed by atoms with E-state index in [0.29, 0.717) is 0 Å². The summed E-state index contributed by atoms with van der Waals surface area (Å²) in [5, 5.41) is 11.2. The van der Waals surface area contributed by atoms with Crippen molar-refractivity contribution >= 4 is 11.6 Å². The SMILES string of the molecule is Nc1ccc(C(=O)NCC(F)F)cc1O. The standard InChI is InChI=1S/C9H10F2N2O2/c10-8(11)4-13-9(15)5-1-2-6(12)7(14)3-5/h1-3,8,14H,4,12H2,(H,13,15). The highest BCUT2D eigenvalue weighted by molar-refractivity contribution is 5.95. The number of alkyl halides is 2. The molecule has 0 aliphatic heterocycles. The molecule has 0 aliphatic rings. The number of nitrogen functional groups attached to an aromatic ring is 1. The quantitative estimate of drug-likeness (QED) is 0.520. The second kappa shape index (κ2) is 4.59. The second-order valence-corrected chi connectivity index (χ2v) is 2.87. The maximum Gasteiger partial charge on any atom is 0.255 e. The zero-order chi connectivity index (χ0) is 11.4. The van der Waals surface area contributed by atoms with Gasteiger partial charge in [0, 0.05) is 5.56 Å². The number of phenolic OH excluding ortho intramolecular Hbond substituents is 1. The molecule has 0 atom stereocenters. The summed E-state index contributed by atoms with van der Waals surface area (Å²) in [4.78, 5) is 11.2. The minimum Gasteiger partial charge on any atom is -0.506 e. The van der Waals surface area contributed by atoms with Gasteiger partial charge in [-0.25, -0.2) is 8.78 Å². The number of rotatable bonds is 3. The molecule has 1 aromatic carbocycles. The average molecular weight is 216 g/mol. The van der Waals surface area contributed by atoms with Crippen molar-refractivity contribution in [2.75, 3.05) is 12.3 Å². The predicted molar refractivity (Wildman–Crippen MR) is 50.9 cm³/mol. The number of nitrogens with two attached hydrogens (primary N) is 1. The fourth-order valence-electron chi connectivity index (χ4n) is 0.957. The Morgan fingerprint density at radius 1 is 1.53 bits per heavy atom. The van der Waals surface area contributed by atoms with Crippen LogP contribution in [0.5, 0.6) is 5.75 Å². The van der Waals surface area contributed by atoms with Crippen molar-refractivity contribution in [2.24, 2.45) is 0 Å². The van der Waals surface area contributed by atoms with Crippen LogP contribution in [0.15, 0.2) is 18.2 Å². The molecule has 1 rings (SSSR count). The molecule has 0 saturated carbocycles. The van der Waals surface area contributed by atoms with E-state index in [1.165, 1.54) is 12.1 Å². The van der Waals surface area contributed by atoms with E-state index in [-0.39, 0.29) is 17.0 Å². The van der Waals surface area contributed by atoms with Crippen LogP contribution in [0.4, 0.5) is 14.5 Å². The molecule has 0 spiro atoms. The van der Waals surface area contributed by atoms with Crippen LogP contribution in [0.25, 0.3) is 0 Å². The molecule has 1 amide bonds. The fourth-order valence-corrected chi connectivity index (χ4v) is 0.957. The lowest BCUT2D eigenvalue weighted by molar-refractivity contribution is 0.0891. The maximum atomic E-state index is 11.8. The molecule has 0 aliphatic carbocycles. The van der Waals surface area contributed by atoms with Gasteiger partial charge >= 0.3 is 0 Å². The largest absolute Gasteiger partial charge is 0.506 e. The Morgan fingerprint density at radius 2 is 2.20 bits per heavy atom. The molecular weight excluding hydrogens is 206 g/mol. The highest BCUT2D eigenvalue weighted by Crippen LogP contribution is 2.20. The first-order chi connectivity index (χ1) is 7.00. The molecular formula is C9H10F2N2O2. The van der Waals surface area contributed by atoms with Gasteiger partial charge in [0.15, 0.2) is 0 Å². The number of anilines is 1. The molecule has 1 aromatic rings. The number of carbonyl (C=O) groups excluding carboxylic acids is 1. The minimum atomic E-state index is -2.60. The minimum absolute atomic E-state index is 0.0855. The first-order valence-electron chi connectivity index (χ1n) is 4.15. The molecule has 0 fully saturated rings. The number of hydrogen-bond acceptors (Lipinski definition) is 3. The van der Waals surface area contributed by atoms with Crippen molar-refractivity contribution in [3.63, 3.8) is 0 Å². The molecule has 6 heteroatoms. The third-order valence-corrected chi connectivity index (χ3v) is 1.71. The highest BCUT2D eigenvalue weighted by atomic mass is 19.3. The van der Waals surface area contributed by atoms with Gasteiger partial charge in [-0.05, 0) is 18.2 Å². The number of halogens is 2. The number of hydrogen-bond donors (Lipinski definition) is 3. The first kappa shape index (κ1) is 11.2. The Kier molecular flexibility index (Phi) is 3.43. The fraction of sp³-hybridized carbons (Fsp3) is 0.222. The number of aromatic hydroxyl groups is 1. The van der Waals surface area contributed by atoms with Crippen LogP contribution in [0, 0.1) is 0 Å². The van der Waals surface area contributed by atoms with Gasteiger partial charge in [0.25, 0.3) is 12.3 Å². The van der Waals surface area contributed by atoms with Gasteiger partial charge in [-0.3, -0.25) is 4.79 Å². The van der Waals surface area contributed by atoms with E-state index >= 15 is 0 Å². The van der Waals surface area contributed by atoms with Crippen LogP contribution in [0.3, 0.4) is 0 Å². The van der Waals surface area contributed by atoms with Crippen LogP contribution >= 0.6 is 0 Å². The third kappa shape index (κ3) is 3.08. The summed E-state index contributed by atoms with van der Waals surface area (Å²) in [5.74, 6) is -0.926. The summed E-state index contributed by atoms with van der Waals surface area (Å²) in [6.07, 6.45) is -2.60. The second-order valence-electron chi connectivity index (χ2n) is 2.87. The normalized spacial score (nSPS) is 10.3. The molecule has 4 nitrogen and oxygen atoms in total. The Labute approximate surface area is 84.7 Å². The van der Waals surface area contributed by atoms with E-state index in [1.807, 2.05) is 5.32 Å². The van der Waals surface area contributed by atoms with Crippen molar-refractivity contribution in [1.82, 2.24) is 5.32 Å². The van der Waals surface area contributed by atoms with E-state index in [1.54, 1.807) is 0 Å². The van der Waals surface area contributed by atoms with E-state index in [9.17, 15) is 18.7 Å². The number of nitrogens with one attached hydrogen (secondary N) is 1. The molecule has 0 heterocycles. The van der Waals surface area contributed by atoms with E-state index < -0.39 is 18.9 Å². The van der Waals surface area contributed by atoms with Crippen LogP contribution < -0.4 is 11.1 Å². The van der Waals surface area contributed by atoms with Crippen LogP contribution in [0.2, 0.25) is 0 Å². The van der Waals surface area contributed by atoms with Crippen molar-refractivity contribution in [1.29, 1.82) is 0 Å². The highest BCUT2D eigenvalue weighted by Gasteiger charge is 2.10. The zero-order valence-corrected chi connectivity index (χ0v) is 7.71. The van der Waals surface area contributed by atoms with Crippen LogP contribution in [-0.2, 0) is 0 Å². The topological polar surface area (TPSA) is 75.4 Å². The summed E-state index contributed by atoms with van der Waals surface area (Å²) in [7, 11) is 0. The summed E-state index contributed by atoms with van der Waals surface area (Å²) >= 11 is 0. The molecule has 15 heavy (non-hydrogen) atoms. The Bertz CT molecular complexity index is 369. The Morgan fingerprint density at radius 3 is 2.73 bits per heavy atom. The van der Waals surface area contributed by atoms with E-state index in [0.717, 1.165) is 6.07 Å². The van der Waals surface area contributed by atoms with Crippen LogP contribution in [-0.4, -0.2) is 24.0 Å². The molecule has 0 aromatic heterocycles. The van der Waals surface area contributed by atoms with Gasteiger partial charge in [0.2, 0.25) is 0 Å². The zero-order valence-electron chi connectivity index (χ0n) is 7.71. The Hall–Kier alpha value is -1.85. The lowest BCUT2D eigenvalue weighted by atomic mass is 10.2. The van der Waals surface area contributed by atoms with Gasteiger partial charge in [0.1, 0.15) is 5.75 Å². The van der Waals surface area contributed by atoms with E-state index in [4.69, 9.17) is 5.73 Å². The van der Waals surface area contributed by atoms with Crippen LogP contribution in [0.1, 0.15) is 10.4 Å². The maximum absolute atomic E-state index is 11.8. The van der Waals surface area contributed by atoms with Crippen molar-refractivity contribution < 1.29 is 18.7 Å². The molecule has 0 radical (unpaired) electrons. The van der Waals surface area contributed by atoms with E-state index in [2.05, 4.69) is 0 Å². The van der Waals surface area contributed by atoms with Crippen molar-refractivity contribution in [3.8, 4) is 5.75 Å². The number of phenols is 1. The molecule has 0 unspecified atom stereocenters. The molecule has 82 valence electrons. The first-order valence-corrected chi connectivity index (χ1v) is 4.15. The average Bonchev–Trinajstić information content (AvgIpc) is 2.18. The van der Waals surface area contributed by atoms with Gasteiger partial charge in [0.05, 0.1) is 12.2 Å². The van der Waals surface area contributed by atoms with Gasteiger partial charge in [-0.2, -0.15) is 0 Å². The lowest BCUT2D eigenvalue weighted by Crippen LogP contribution is -2.28. The smallest absolute Gasteiger partial charge is 0.255 e. The van der Waals surface area contributed by atoms with Crippen molar-refractivity contribution in [2.45, 2.75) is 6.43 Å². The molecule has 0 saturated heterocycles. The monoisotopic (exact) mass is 216 g/mol. The molecule has 0 bridgehead atoms. The lowest BCUT2D eigenvalue weighted by Gasteiger charge is -2.05. The van der Waals surface area contributed by atoms with Crippen molar-refractivity contribution in [3.05, 3.63) is 23.8 Å². The number of benzene rings is 1. The Balaban J connectivity index is 2.70. The summed E-state index contributed by atoms with van der Waals surface area (Å²) in [6.45, 7) is -0.718. The van der Waals surface area contributed by atoms with Gasteiger partial charge in [-0.15, -0.1) is 0 Å². The summed E-state index contributed by atoms with van der Waals surface area (Å²) < 4.78 is 23.5. The molecule has 4 N–H and O–H groups in total. The summed E-state index contributed by atoms with van der Waals surface area (Å²) in [5.41, 5.74) is 5.52. The van der Waals surface area contributed by atoms with Gasteiger partial charge in [-0.1, -0.05) is 0 Å². The number of carbonyl (C=O) groups is 1. The predicted octanol–water partition coefficient (Wildman–Crippen LogP) is 0.969. The number of amides is 1.